The van der Waals surface area contributed by atoms with E-state index in [1.165, 1.54) is 18.2 Å². The van der Waals surface area contributed by atoms with Crippen LogP contribution in [-0.4, -0.2) is 28.9 Å². The van der Waals surface area contributed by atoms with E-state index < -0.39 is 23.8 Å². The molecule has 32 heavy (non-hydrogen) atoms. The molecule has 2 aromatic carbocycles. The molecule has 4 amide bonds. The van der Waals surface area contributed by atoms with Crippen LogP contribution >= 0.6 is 0 Å². The minimum absolute atomic E-state index is 0.142. The molecule has 1 saturated heterocycles. The number of anilines is 1. The van der Waals surface area contributed by atoms with Gasteiger partial charge in [-0.1, -0.05) is 18.2 Å². The Hall–Kier alpha value is -4.46. The molecule has 0 bridgehead atoms. The molecule has 8 heteroatoms. The van der Waals surface area contributed by atoms with Crippen LogP contribution in [0.2, 0.25) is 0 Å². The Bertz CT molecular complexity index is 1280. The van der Waals surface area contributed by atoms with Crippen LogP contribution in [0.3, 0.4) is 0 Å². The van der Waals surface area contributed by atoms with Crippen molar-refractivity contribution in [3.63, 3.8) is 0 Å². The summed E-state index contributed by atoms with van der Waals surface area (Å²) in [6.45, 7) is 3.69. The van der Waals surface area contributed by atoms with Gasteiger partial charge in [-0.05, 0) is 67.4 Å². The molecule has 1 aliphatic rings. The number of nitrogens with zero attached hydrogens (tertiary/aromatic N) is 1. The molecule has 3 aromatic rings. The van der Waals surface area contributed by atoms with Crippen LogP contribution in [0.25, 0.3) is 17.4 Å². The predicted octanol–water partition coefficient (Wildman–Crippen LogP) is 3.93. The van der Waals surface area contributed by atoms with E-state index in [0.717, 1.165) is 16.0 Å². The van der Waals surface area contributed by atoms with Crippen molar-refractivity contribution in [2.24, 2.45) is 0 Å². The van der Waals surface area contributed by atoms with Crippen molar-refractivity contribution < 1.29 is 28.7 Å². The standard InChI is InChI=1S/C24H18N2O6/c1-13-9-14(2)11-17(10-13)26-22(28)19(21(27)25-24(26)31)12-18-7-8-20(32-18)15-3-5-16(6-4-15)23(29)30/h3-12H,1-2H3,(H,29,30)(H,25,27,31)/b19-12+. The number of carboxylic acids is 1. The number of carboxylic acid groups (broad SMARTS) is 1. The number of furan rings is 1. The maximum atomic E-state index is 13.0. The third-order valence-corrected chi connectivity index (χ3v) is 4.90. The summed E-state index contributed by atoms with van der Waals surface area (Å²) in [6, 6.07) is 13.8. The van der Waals surface area contributed by atoms with Crippen molar-refractivity contribution in [3.8, 4) is 11.3 Å². The topological polar surface area (TPSA) is 117 Å². The molecule has 2 N–H and O–H groups in total. The zero-order valence-electron chi connectivity index (χ0n) is 17.2. The van der Waals surface area contributed by atoms with Gasteiger partial charge in [0, 0.05) is 5.56 Å². The molecule has 1 aliphatic heterocycles. The lowest BCUT2D eigenvalue weighted by molar-refractivity contribution is -0.122. The van der Waals surface area contributed by atoms with Gasteiger partial charge in [0.1, 0.15) is 17.1 Å². The number of urea groups is 1. The van der Waals surface area contributed by atoms with Crippen LogP contribution in [0, 0.1) is 13.8 Å². The molecule has 1 aromatic heterocycles. The van der Waals surface area contributed by atoms with Gasteiger partial charge in [-0.15, -0.1) is 0 Å². The number of imide groups is 2. The quantitative estimate of drug-likeness (QED) is 0.479. The molecule has 2 heterocycles. The molecular weight excluding hydrogens is 412 g/mol. The zero-order chi connectivity index (χ0) is 23.0. The largest absolute Gasteiger partial charge is 0.478 e. The molecule has 4 rings (SSSR count). The van der Waals surface area contributed by atoms with Crippen molar-refractivity contribution >= 4 is 35.6 Å². The first kappa shape index (κ1) is 20.8. The maximum Gasteiger partial charge on any atom is 0.335 e. The lowest BCUT2D eigenvalue weighted by Crippen LogP contribution is -2.54. The average Bonchev–Trinajstić information content (AvgIpc) is 3.19. The first-order valence-corrected chi connectivity index (χ1v) is 9.66. The fraction of sp³-hybridized carbons (Fsp3) is 0.0833. The molecule has 0 aliphatic carbocycles. The number of rotatable bonds is 4. The summed E-state index contributed by atoms with van der Waals surface area (Å²) in [5.74, 6) is -1.95. The Morgan fingerprint density at radius 1 is 0.969 bits per heavy atom. The van der Waals surface area contributed by atoms with Gasteiger partial charge in [-0.2, -0.15) is 0 Å². The van der Waals surface area contributed by atoms with E-state index in [9.17, 15) is 19.2 Å². The molecule has 0 atom stereocenters. The van der Waals surface area contributed by atoms with Crippen LogP contribution in [-0.2, 0) is 9.59 Å². The highest BCUT2D eigenvalue weighted by Gasteiger charge is 2.37. The fourth-order valence-corrected chi connectivity index (χ4v) is 3.48. The Morgan fingerprint density at radius 3 is 2.25 bits per heavy atom. The second-order valence-electron chi connectivity index (χ2n) is 7.39. The summed E-state index contributed by atoms with van der Waals surface area (Å²) < 4.78 is 5.72. The van der Waals surface area contributed by atoms with E-state index in [0.29, 0.717) is 17.0 Å². The number of hydrogen-bond donors (Lipinski definition) is 2. The number of benzene rings is 2. The SMILES string of the molecule is Cc1cc(C)cc(N2C(=O)NC(=O)/C(=C\c3ccc(-c4ccc(C(=O)O)cc4)o3)C2=O)c1. The van der Waals surface area contributed by atoms with Gasteiger partial charge >= 0.3 is 12.0 Å². The Labute approximate surface area is 182 Å². The van der Waals surface area contributed by atoms with Gasteiger partial charge in [-0.3, -0.25) is 14.9 Å². The summed E-state index contributed by atoms with van der Waals surface area (Å²) in [5.41, 5.74) is 2.63. The molecule has 0 saturated carbocycles. The number of nitrogens with one attached hydrogen (secondary N) is 1. The zero-order valence-corrected chi connectivity index (χ0v) is 17.2. The number of barbiturate groups is 1. The van der Waals surface area contributed by atoms with Crippen molar-refractivity contribution in [3.05, 3.63) is 82.6 Å². The maximum absolute atomic E-state index is 13.0. The molecular formula is C24H18N2O6. The second kappa shape index (κ2) is 7.99. The first-order valence-electron chi connectivity index (χ1n) is 9.66. The first-order chi connectivity index (χ1) is 15.2. The van der Waals surface area contributed by atoms with Crippen LogP contribution in [0.1, 0.15) is 27.2 Å². The van der Waals surface area contributed by atoms with E-state index >= 15 is 0 Å². The van der Waals surface area contributed by atoms with Gasteiger partial charge in [-0.25, -0.2) is 14.5 Å². The monoisotopic (exact) mass is 430 g/mol. The van der Waals surface area contributed by atoms with Crippen molar-refractivity contribution in [1.82, 2.24) is 5.32 Å². The van der Waals surface area contributed by atoms with Gasteiger partial charge in [0.15, 0.2) is 0 Å². The number of carbonyl (C=O) groups is 4. The number of aromatic carboxylic acids is 1. The fourth-order valence-electron chi connectivity index (χ4n) is 3.48. The molecule has 1 fully saturated rings. The van der Waals surface area contributed by atoms with Crippen molar-refractivity contribution in [2.75, 3.05) is 4.90 Å². The van der Waals surface area contributed by atoms with E-state index in [1.807, 2.05) is 19.9 Å². The third kappa shape index (κ3) is 3.93. The van der Waals surface area contributed by atoms with Crippen molar-refractivity contribution in [1.29, 1.82) is 0 Å². The highest BCUT2D eigenvalue weighted by atomic mass is 16.4. The van der Waals surface area contributed by atoms with E-state index in [-0.39, 0.29) is 16.9 Å². The number of aryl methyl sites for hydroxylation is 2. The van der Waals surface area contributed by atoms with Gasteiger partial charge < -0.3 is 9.52 Å². The van der Waals surface area contributed by atoms with Crippen LogP contribution < -0.4 is 10.2 Å². The highest BCUT2D eigenvalue weighted by molar-refractivity contribution is 6.39. The number of amides is 4. The smallest absolute Gasteiger partial charge is 0.335 e. The molecule has 0 spiro atoms. The summed E-state index contributed by atoms with van der Waals surface area (Å²) in [4.78, 5) is 49.7. The van der Waals surface area contributed by atoms with Gasteiger partial charge in [0.05, 0.1) is 11.3 Å². The highest BCUT2D eigenvalue weighted by Crippen LogP contribution is 2.27. The van der Waals surface area contributed by atoms with Crippen molar-refractivity contribution in [2.45, 2.75) is 13.8 Å². The van der Waals surface area contributed by atoms with E-state index in [2.05, 4.69) is 5.32 Å². The van der Waals surface area contributed by atoms with Gasteiger partial charge in [0.2, 0.25) is 0 Å². The van der Waals surface area contributed by atoms with Gasteiger partial charge in [0.25, 0.3) is 11.8 Å². The Balaban J connectivity index is 1.66. The van der Waals surface area contributed by atoms with Crippen LogP contribution in [0.4, 0.5) is 10.5 Å². The van der Waals surface area contributed by atoms with E-state index in [1.54, 1.807) is 36.4 Å². The minimum Gasteiger partial charge on any atom is -0.478 e. The molecule has 0 unspecified atom stereocenters. The Kier molecular flexibility index (Phi) is 5.19. The van der Waals surface area contributed by atoms with E-state index in [4.69, 9.17) is 9.52 Å². The second-order valence-corrected chi connectivity index (χ2v) is 7.39. The lowest BCUT2D eigenvalue weighted by Gasteiger charge is -2.26. The number of hydrogen-bond acceptors (Lipinski definition) is 5. The molecule has 0 radical (unpaired) electrons. The summed E-state index contributed by atoms with van der Waals surface area (Å²) >= 11 is 0. The minimum atomic E-state index is -1.04. The third-order valence-electron chi connectivity index (χ3n) is 4.90. The van der Waals surface area contributed by atoms with Crippen LogP contribution in [0.5, 0.6) is 0 Å². The lowest BCUT2D eigenvalue weighted by atomic mass is 10.1. The summed E-state index contributed by atoms with van der Waals surface area (Å²) in [5, 5.41) is 11.2. The average molecular weight is 430 g/mol. The molecule has 160 valence electrons. The predicted molar refractivity (Wildman–Crippen MR) is 116 cm³/mol. The molecule has 8 nitrogen and oxygen atoms in total. The number of carbonyl (C=O) groups excluding carboxylic acids is 3. The van der Waals surface area contributed by atoms with Crippen LogP contribution in [0.15, 0.2) is 64.6 Å². The normalized spacial score (nSPS) is 15.2. The summed E-state index contributed by atoms with van der Waals surface area (Å²) in [6.07, 6.45) is 1.27. The Morgan fingerprint density at radius 2 is 1.62 bits per heavy atom. The summed E-state index contributed by atoms with van der Waals surface area (Å²) in [7, 11) is 0.